The predicted octanol–water partition coefficient (Wildman–Crippen LogP) is 0.682. The van der Waals surface area contributed by atoms with Gasteiger partial charge in [-0.05, 0) is 6.42 Å². The molecular formula is C11H17F2N3O2. The maximum Gasteiger partial charge on any atom is 0.257 e. The van der Waals surface area contributed by atoms with Crippen LogP contribution in [0.1, 0.15) is 23.0 Å². The van der Waals surface area contributed by atoms with E-state index in [4.69, 9.17) is 5.11 Å². The van der Waals surface area contributed by atoms with Gasteiger partial charge in [0, 0.05) is 19.8 Å². The number of halogens is 2. The normalized spacial score (nSPS) is 11.0. The van der Waals surface area contributed by atoms with Crippen molar-refractivity contribution in [2.75, 3.05) is 19.7 Å². The summed E-state index contributed by atoms with van der Waals surface area (Å²) in [7, 11) is 1.67. The van der Waals surface area contributed by atoms with Crippen LogP contribution in [0, 0.1) is 0 Å². The van der Waals surface area contributed by atoms with E-state index in [1.807, 2.05) is 6.92 Å². The molecule has 1 rings (SSSR count). The largest absolute Gasteiger partial charge is 0.395 e. The van der Waals surface area contributed by atoms with Crippen LogP contribution in [0.3, 0.4) is 0 Å². The summed E-state index contributed by atoms with van der Waals surface area (Å²) in [4.78, 5) is 13.0. The molecule has 0 radical (unpaired) electrons. The van der Waals surface area contributed by atoms with Crippen LogP contribution in [-0.2, 0) is 13.5 Å². The summed E-state index contributed by atoms with van der Waals surface area (Å²) in [6.45, 7) is 0.696. The number of carbonyl (C=O) groups excluding carboxylic acids is 1. The molecule has 1 aromatic rings. The van der Waals surface area contributed by atoms with Crippen molar-refractivity contribution in [1.29, 1.82) is 0 Å². The lowest BCUT2D eigenvalue weighted by Gasteiger charge is -2.20. The van der Waals surface area contributed by atoms with E-state index in [-0.39, 0.29) is 13.2 Å². The zero-order chi connectivity index (χ0) is 13.7. The highest BCUT2D eigenvalue weighted by Gasteiger charge is 2.23. The third kappa shape index (κ3) is 3.49. The topological polar surface area (TPSA) is 58.4 Å². The lowest BCUT2D eigenvalue weighted by molar-refractivity contribution is 0.0508. The van der Waals surface area contributed by atoms with E-state index in [0.717, 1.165) is 4.90 Å². The van der Waals surface area contributed by atoms with Gasteiger partial charge in [0.05, 0.1) is 24.4 Å². The number of carbonyl (C=O) groups is 1. The van der Waals surface area contributed by atoms with Gasteiger partial charge in [-0.1, -0.05) is 6.92 Å². The summed E-state index contributed by atoms with van der Waals surface area (Å²) in [5.74, 6) is -0.519. The first-order chi connectivity index (χ1) is 8.49. The number of amides is 1. The van der Waals surface area contributed by atoms with Gasteiger partial charge in [0.1, 0.15) is 0 Å². The van der Waals surface area contributed by atoms with Gasteiger partial charge in [-0.2, -0.15) is 5.10 Å². The summed E-state index contributed by atoms with van der Waals surface area (Å²) in [6.07, 6.45) is -0.567. The van der Waals surface area contributed by atoms with Crippen LogP contribution < -0.4 is 0 Å². The van der Waals surface area contributed by atoms with Crippen LogP contribution in [0.15, 0.2) is 6.20 Å². The Kier molecular flexibility index (Phi) is 5.21. The second-order valence-electron chi connectivity index (χ2n) is 3.88. The van der Waals surface area contributed by atoms with Crippen molar-refractivity contribution in [3.05, 3.63) is 17.5 Å². The van der Waals surface area contributed by atoms with Gasteiger partial charge in [0.25, 0.3) is 12.3 Å². The first-order valence-corrected chi connectivity index (χ1v) is 5.70. The Morgan fingerprint density at radius 2 is 2.28 bits per heavy atom. The molecule has 1 N–H and O–H groups in total. The Morgan fingerprint density at radius 1 is 1.61 bits per heavy atom. The van der Waals surface area contributed by atoms with Gasteiger partial charge < -0.3 is 10.0 Å². The van der Waals surface area contributed by atoms with E-state index >= 15 is 0 Å². The van der Waals surface area contributed by atoms with Crippen molar-refractivity contribution in [2.24, 2.45) is 7.05 Å². The van der Waals surface area contributed by atoms with E-state index in [0.29, 0.717) is 17.7 Å². The van der Waals surface area contributed by atoms with Gasteiger partial charge in [-0.25, -0.2) is 8.78 Å². The molecule has 1 amide bonds. The Bertz CT molecular complexity index is 407. The number of aromatic nitrogens is 2. The molecule has 0 unspecified atom stereocenters. The number of aryl methyl sites for hydroxylation is 2. The molecule has 0 fully saturated rings. The average Bonchev–Trinajstić information content (AvgIpc) is 2.68. The van der Waals surface area contributed by atoms with Gasteiger partial charge in [0.15, 0.2) is 0 Å². The monoisotopic (exact) mass is 261 g/mol. The molecule has 0 atom stereocenters. The minimum Gasteiger partial charge on any atom is -0.395 e. The fourth-order valence-corrected chi connectivity index (χ4v) is 1.71. The van der Waals surface area contributed by atoms with Crippen molar-refractivity contribution < 1.29 is 18.7 Å². The third-order valence-electron chi connectivity index (χ3n) is 2.49. The first kappa shape index (κ1) is 14.6. The van der Waals surface area contributed by atoms with E-state index in [9.17, 15) is 13.6 Å². The van der Waals surface area contributed by atoms with Gasteiger partial charge >= 0.3 is 0 Å². The molecule has 0 aromatic carbocycles. The smallest absolute Gasteiger partial charge is 0.257 e. The second kappa shape index (κ2) is 6.44. The van der Waals surface area contributed by atoms with Crippen molar-refractivity contribution in [3.63, 3.8) is 0 Å². The van der Waals surface area contributed by atoms with Gasteiger partial charge in [-0.15, -0.1) is 0 Å². The molecule has 1 heterocycles. The highest BCUT2D eigenvalue weighted by atomic mass is 19.3. The van der Waals surface area contributed by atoms with Crippen molar-refractivity contribution in [3.8, 4) is 0 Å². The summed E-state index contributed by atoms with van der Waals surface area (Å²) in [5, 5.41) is 12.9. The van der Waals surface area contributed by atoms with Crippen LogP contribution in [0.2, 0.25) is 0 Å². The minimum atomic E-state index is -2.62. The van der Waals surface area contributed by atoms with Crippen LogP contribution >= 0.6 is 0 Å². The SMILES string of the molecule is CCc1nn(C)cc1C(=O)N(CCO)CC(F)F. The molecule has 0 aliphatic rings. The molecule has 102 valence electrons. The summed E-state index contributed by atoms with van der Waals surface area (Å²) in [5.41, 5.74) is 0.883. The summed E-state index contributed by atoms with van der Waals surface area (Å²) >= 11 is 0. The standard InChI is InChI=1S/C11H17F2N3O2/c1-3-9-8(6-15(2)14-9)11(18)16(4-5-17)7-10(12)13/h6,10,17H,3-5,7H2,1-2H3. The second-order valence-corrected chi connectivity index (χ2v) is 3.88. The third-order valence-corrected chi connectivity index (χ3v) is 2.49. The van der Waals surface area contributed by atoms with E-state index in [1.54, 1.807) is 7.05 Å². The average molecular weight is 261 g/mol. The molecule has 1 aromatic heterocycles. The maximum atomic E-state index is 12.4. The summed E-state index contributed by atoms with van der Waals surface area (Å²) < 4.78 is 26.2. The number of aliphatic hydroxyl groups is 1. The Hall–Kier alpha value is -1.50. The molecule has 0 saturated heterocycles. The fourth-order valence-electron chi connectivity index (χ4n) is 1.71. The predicted molar refractivity (Wildman–Crippen MR) is 61.6 cm³/mol. The molecular weight excluding hydrogens is 244 g/mol. The fraction of sp³-hybridized carbons (Fsp3) is 0.636. The summed E-state index contributed by atoms with van der Waals surface area (Å²) in [6, 6.07) is 0. The first-order valence-electron chi connectivity index (χ1n) is 5.70. The van der Waals surface area contributed by atoms with Crippen LogP contribution in [0.4, 0.5) is 8.78 Å². The van der Waals surface area contributed by atoms with Crippen LogP contribution in [0.25, 0.3) is 0 Å². The van der Waals surface area contributed by atoms with Crippen LogP contribution in [0.5, 0.6) is 0 Å². The lowest BCUT2D eigenvalue weighted by atomic mass is 10.2. The zero-order valence-electron chi connectivity index (χ0n) is 10.4. The zero-order valence-corrected chi connectivity index (χ0v) is 10.4. The van der Waals surface area contributed by atoms with Gasteiger partial charge in [-0.3, -0.25) is 9.48 Å². The number of aliphatic hydroxyl groups excluding tert-OH is 1. The van der Waals surface area contributed by atoms with E-state index in [1.165, 1.54) is 10.9 Å². The molecule has 5 nitrogen and oxygen atoms in total. The Labute approximate surface area is 104 Å². The minimum absolute atomic E-state index is 0.110. The lowest BCUT2D eigenvalue weighted by Crippen LogP contribution is -2.37. The number of rotatable bonds is 6. The number of hydrogen-bond acceptors (Lipinski definition) is 3. The van der Waals surface area contributed by atoms with E-state index in [2.05, 4.69) is 5.10 Å². The van der Waals surface area contributed by atoms with E-state index < -0.39 is 18.9 Å². The molecule has 0 saturated carbocycles. The molecule has 0 aliphatic carbocycles. The quantitative estimate of drug-likeness (QED) is 0.819. The van der Waals surface area contributed by atoms with Crippen molar-refractivity contribution in [2.45, 2.75) is 19.8 Å². The number of hydrogen-bond donors (Lipinski definition) is 1. The highest BCUT2D eigenvalue weighted by molar-refractivity contribution is 5.95. The Morgan fingerprint density at radius 3 is 2.78 bits per heavy atom. The maximum absolute atomic E-state index is 12.4. The van der Waals surface area contributed by atoms with Crippen molar-refractivity contribution >= 4 is 5.91 Å². The molecule has 18 heavy (non-hydrogen) atoms. The van der Waals surface area contributed by atoms with Gasteiger partial charge in [0.2, 0.25) is 0 Å². The number of nitrogens with zero attached hydrogens (tertiary/aromatic N) is 3. The van der Waals surface area contributed by atoms with Crippen LogP contribution in [-0.4, -0.2) is 51.8 Å². The molecule has 7 heteroatoms. The van der Waals surface area contributed by atoms with Crippen molar-refractivity contribution in [1.82, 2.24) is 14.7 Å². The molecule has 0 spiro atoms. The molecule has 0 bridgehead atoms. The molecule has 0 aliphatic heterocycles. The highest BCUT2D eigenvalue weighted by Crippen LogP contribution is 2.12. The Balaban J connectivity index is 2.93. The number of alkyl halides is 2.